The molecule has 1 aromatic rings. The molecule has 0 spiro atoms. The second-order valence-electron chi connectivity index (χ2n) is 3.20. The number of hydrogen-bond donors (Lipinski definition) is 1. The number of aliphatic hydroxyl groups excluding tert-OH is 1. The van der Waals surface area contributed by atoms with E-state index in [2.05, 4.69) is 15.9 Å². The molecule has 3 heteroatoms. The number of benzene rings is 1. The van der Waals surface area contributed by atoms with Crippen LogP contribution in [-0.2, 0) is 4.74 Å². The van der Waals surface area contributed by atoms with E-state index in [1.54, 1.807) is 6.08 Å². The van der Waals surface area contributed by atoms with Gasteiger partial charge in [0.2, 0.25) is 0 Å². The molecule has 0 amide bonds. The average Bonchev–Trinajstić information content (AvgIpc) is 2.18. The highest BCUT2D eigenvalue weighted by Gasteiger charge is 2.01. The Morgan fingerprint density at radius 1 is 1.47 bits per heavy atom. The molecule has 2 nitrogen and oxygen atoms in total. The van der Waals surface area contributed by atoms with Crippen LogP contribution in [0.25, 0.3) is 5.57 Å². The SMILES string of the molecule is CCOC(O)/C=C(/C)c1ccc(Br)cc1. The summed E-state index contributed by atoms with van der Waals surface area (Å²) in [6.07, 6.45) is 0.880. The molecule has 0 heterocycles. The second kappa shape index (κ2) is 6.05. The Kier molecular flexibility index (Phi) is 5.02. The largest absolute Gasteiger partial charge is 0.365 e. The lowest BCUT2D eigenvalue weighted by Crippen LogP contribution is -2.08. The highest BCUT2D eigenvalue weighted by Crippen LogP contribution is 2.17. The molecule has 1 atom stereocenters. The second-order valence-corrected chi connectivity index (χ2v) is 4.12. The van der Waals surface area contributed by atoms with Crippen LogP contribution < -0.4 is 0 Å². The van der Waals surface area contributed by atoms with E-state index in [9.17, 15) is 5.11 Å². The average molecular weight is 271 g/mol. The zero-order chi connectivity index (χ0) is 11.3. The first-order valence-electron chi connectivity index (χ1n) is 4.87. The molecule has 0 aliphatic heterocycles. The molecule has 1 unspecified atom stereocenters. The van der Waals surface area contributed by atoms with E-state index in [0.29, 0.717) is 6.61 Å². The molecular formula is C12H15BrO2. The smallest absolute Gasteiger partial charge is 0.174 e. The predicted octanol–water partition coefficient (Wildman–Crippen LogP) is 3.21. The van der Waals surface area contributed by atoms with Crippen LogP contribution in [0.1, 0.15) is 19.4 Å². The summed E-state index contributed by atoms with van der Waals surface area (Å²) in [5, 5.41) is 9.43. The van der Waals surface area contributed by atoms with Gasteiger partial charge in [-0.25, -0.2) is 0 Å². The minimum absolute atomic E-state index is 0.505. The van der Waals surface area contributed by atoms with Gasteiger partial charge in [0, 0.05) is 11.1 Å². The van der Waals surface area contributed by atoms with Crippen LogP contribution in [0, 0.1) is 0 Å². The van der Waals surface area contributed by atoms with E-state index in [0.717, 1.165) is 15.6 Å². The molecule has 82 valence electrons. The monoisotopic (exact) mass is 270 g/mol. The van der Waals surface area contributed by atoms with E-state index in [1.807, 2.05) is 38.1 Å². The van der Waals surface area contributed by atoms with Gasteiger partial charge in [0.05, 0.1) is 0 Å². The summed E-state index contributed by atoms with van der Waals surface area (Å²) in [5.74, 6) is 0. The van der Waals surface area contributed by atoms with Gasteiger partial charge in [-0.2, -0.15) is 0 Å². The Hall–Kier alpha value is -0.640. The van der Waals surface area contributed by atoms with Gasteiger partial charge in [0.1, 0.15) is 0 Å². The molecule has 1 aromatic carbocycles. The number of rotatable bonds is 4. The highest BCUT2D eigenvalue weighted by atomic mass is 79.9. The Balaban J connectivity index is 2.75. The van der Waals surface area contributed by atoms with Gasteiger partial charge in [-0.1, -0.05) is 28.1 Å². The third kappa shape index (κ3) is 4.16. The predicted molar refractivity (Wildman–Crippen MR) is 65.4 cm³/mol. The van der Waals surface area contributed by atoms with Crippen molar-refractivity contribution < 1.29 is 9.84 Å². The van der Waals surface area contributed by atoms with E-state index >= 15 is 0 Å². The quantitative estimate of drug-likeness (QED) is 0.852. The van der Waals surface area contributed by atoms with Gasteiger partial charge in [-0.3, -0.25) is 0 Å². The number of allylic oxidation sites excluding steroid dienone is 1. The number of aliphatic hydroxyl groups is 1. The maximum Gasteiger partial charge on any atom is 0.174 e. The van der Waals surface area contributed by atoms with Crippen molar-refractivity contribution in [1.29, 1.82) is 0 Å². The zero-order valence-corrected chi connectivity index (χ0v) is 10.5. The van der Waals surface area contributed by atoms with Crippen molar-refractivity contribution in [2.75, 3.05) is 6.61 Å². The highest BCUT2D eigenvalue weighted by molar-refractivity contribution is 9.10. The van der Waals surface area contributed by atoms with Gasteiger partial charge in [-0.05, 0) is 43.2 Å². The van der Waals surface area contributed by atoms with Crippen LogP contribution in [0.2, 0.25) is 0 Å². The molecule has 0 aromatic heterocycles. The standard InChI is InChI=1S/C12H15BrO2/c1-3-15-12(14)8-9(2)10-4-6-11(13)7-5-10/h4-8,12,14H,3H2,1-2H3/b9-8-. The summed E-state index contributed by atoms with van der Waals surface area (Å²) in [4.78, 5) is 0. The minimum atomic E-state index is -0.821. The molecule has 0 bridgehead atoms. The van der Waals surface area contributed by atoms with Crippen LogP contribution in [0.3, 0.4) is 0 Å². The van der Waals surface area contributed by atoms with E-state index < -0.39 is 6.29 Å². The normalized spacial score (nSPS) is 14.0. The van der Waals surface area contributed by atoms with Crippen molar-refractivity contribution in [1.82, 2.24) is 0 Å². The van der Waals surface area contributed by atoms with Crippen molar-refractivity contribution in [3.63, 3.8) is 0 Å². The molecule has 0 radical (unpaired) electrons. The maximum absolute atomic E-state index is 9.43. The van der Waals surface area contributed by atoms with Crippen LogP contribution in [0.15, 0.2) is 34.8 Å². The lowest BCUT2D eigenvalue weighted by molar-refractivity contribution is -0.0583. The van der Waals surface area contributed by atoms with Gasteiger partial charge in [0.25, 0.3) is 0 Å². The molecule has 1 rings (SSSR count). The fourth-order valence-corrected chi connectivity index (χ4v) is 1.51. The number of halogens is 1. The minimum Gasteiger partial charge on any atom is -0.365 e. The van der Waals surface area contributed by atoms with Crippen molar-refractivity contribution in [2.45, 2.75) is 20.1 Å². The van der Waals surface area contributed by atoms with E-state index in [-0.39, 0.29) is 0 Å². The fraction of sp³-hybridized carbons (Fsp3) is 0.333. The van der Waals surface area contributed by atoms with Crippen molar-refractivity contribution in [3.05, 3.63) is 40.4 Å². The lowest BCUT2D eigenvalue weighted by atomic mass is 10.1. The molecule has 0 fully saturated rings. The van der Waals surface area contributed by atoms with Crippen molar-refractivity contribution in [3.8, 4) is 0 Å². The first-order chi connectivity index (χ1) is 7.13. The topological polar surface area (TPSA) is 29.5 Å². The summed E-state index contributed by atoms with van der Waals surface area (Å²) < 4.78 is 6.07. The Labute approximate surface area is 98.7 Å². The third-order valence-electron chi connectivity index (χ3n) is 2.03. The summed E-state index contributed by atoms with van der Waals surface area (Å²) in [6, 6.07) is 7.93. The van der Waals surface area contributed by atoms with Gasteiger partial charge in [-0.15, -0.1) is 0 Å². The van der Waals surface area contributed by atoms with Gasteiger partial charge in [0.15, 0.2) is 6.29 Å². The van der Waals surface area contributed by atoms with Crippen molar-refractivity contribution >= 4 is 21.5 Å². The lowest BCUT2D eigenvalue weighted by Gasteiger charge is -2.07. The molecule has 15 heavy (non-hydrogen) atoms. The van der Waals surface area contributed by atoms with Crippen LogP contribution in [0.4, 0.5) is 0 Å². The first-order valence-corrected chi connectivity index (χ1v) is 5.67. The number of ether oxygens (including phenoxy) is 1. The summed E-state index contributed by atoms with van der Waals surface area (Å²) >= 11 is 3.38. The summed E-state index contributed by atoms with van der Waals surface area (Å²) in [5.41, 5.74) is 2.08. The first kappa shape index (κ1) is 12.4. The van der Waals surface area contributed by atoms with Gasteiger partial charge >= 0.3 is 0 Å². The maximum atomic E-state index is 9.43. The Bertz CT molecular complexity index is 330. The van der Waals surface area contributed by atoms with Crippen LogP contribution >= 0.6 is 15.9 Å². The Morgan fingerprint density at radius 2 is 2.07 bits per heavy atom. The fourth-order valence-electron chi connectivity index (χ4n) is 1.24. The van der Waals surface area contributed by atoms with Crippen molar-refractivity contribution in [2.24, 2.45) is 0 Å². The molecule has 0 saturated carbocycles. The molecule has 1 N–H and O–H groups in total. The van der Waals surface area contributed by atoms with Gasteiger partial charge < -0.3 is 9.84 Å². The Morgan fingerprint density at radius 3 is 2.60 bits per heavy atom. The van der Waals surface area contributed by atoms with Crippen LogP contribution in [0.5, 0.6) is 0 Å². The number of hydrogen-bond acceptors (Lipinski definition) is 2. The third-order valence-corrected chi connectivity index (χ3v) is 2.56. The molecule has 0 aliphatic rings. The zero-order valence-electron chi connectivity index (χ0n) is 8.90. The molecule has 0 saturated heterocycles. The van der Waals surface area contributed by atoms with E-state index in [1.165, 1.54) is 0 Å². The van der Waals surface area contributed by atoms with E-state index in [4.69, 9.17) is 4.74 Å². The summed E-state index contributed by atoms with van der Waals surface area (Å²) in [7, 11) is 0. The molecular weight excluding hydrogens is 256 g/mol. The molecule has 0 aliphatic carbocycles. The van der Waals surface area contributed by atoms with Crippen LogP contribution in [-0.4, -0.2) is 18.0 Å². The summed E-state index contributed by atoms with van der Waals surface area (Å²) in [6.45, 7) is 4.31.